The highest BCUT2D eigenvalue weighted by molar-refractivity contribution is 6.75. The Bertz CT molecular complexity index is 159. The van der Waals surface area contributed by atoms with E-state index in [1.54, 1.807) is 0 Å². The van der Waals surface area contributed by atoms with Gasteiger partial charge in [0, 0.05) is 14.2 Å². The summed E-state index contributed by atoms with van der Waals surface area (Å²) < 4.78 is 8.85. The predicted molar refractivity (Wildman–Crippen MR) is 38.5 cm³/mol. The van der Waals surface area contributed by atoms with Gasteiger partial charge in [-0.1, -0.05) is 0 Å². The van der Waals surface area contributed by atoms with Crippen LogP contribution in [0.5, 0.6) is 0 Å². The Labute approximate surface area is 73.4 Å². The third-order valence-corrected chi connectivity index (χ3v) is 1.59. The summed E-state index contributed by atoms with van der Waals surface area (Å²) in [6.07, 6.45) is 0. The number of carbonyl (C=O) groups excluding carboxylic acids is 2. The third kappa shape index (κ3) is 1.90. The largest absolute Gasteiger partial charge is 0.339 e. The van der Waals surface area contributed by atoms with E-state index in [4.69, 9.17) is 23.2 Å². The third-order valence-electron chi connectivity index (χ3n) is 1.09. The Hall–Kier alpha value is -0.160. The van der Waals surface area contributed by atoms with Gasteiger partial charge < -0.3 is 9.47 Å². The van der Waals surface area contributed by atoms with Crippen molar-refractivity contribution in [2.75, 3.05) is 14.2 Å². The van der Waals surface area contributed by atoms with Crippen LogP contribution in [0.1, 0.15) is 0 Å². The van der Waals surface area contributed by atoms with Crippen LogP contribution in [0.25, 0.3) is 0 Å². The summed E-state index contributed by atoms with van der Waals surface area (Å²) in [5, 5.41) is -2.22. The molecule has 64 valence electrons. The highest BCUT2D eigenvalue weighted by Gasteiger charge is 2.45. The number of carbonyl (C=O) groups is 2. The number of rotatable bonds is 4. The van der Waals surface area contributed by atoms with Crippen molar-refractivity contribution in [2.45, 2.75) is 5.79 Å². The fraction of sp³-hybridized carbons (Fsp3) is 0.600. The molecule has 0 rings (SSSR count). The number of hydrogen-bond donors (Lipinski definition) is 0. The van der Waals surface area contributed by atoms with Crippen LogP contribution >= 0.6 is 23.2 Å². The molecule has 0 unspecified atom stereocenters. The molecule has 0 aliphatic rings. The molecule has 0 heterocycles. The molecule has 0 atom stereocenters. The standard InChI is InChI=1S/C5H6Cl2O4/c1-10-5(11-2,3(6)8)4(7)9/h1-2H3. The number of ether oxygens (including phenoxy) is 2. The van der Waals surface area contributed by atoms with E-state index in [0.717, 1.165) is 14.2 Å². The highest BCUT2D eigenvalue weighted by Crippen LogP contribution is 2.18. The quantitative estimate of drug-likeness (QED) is 0.377. The zero-order valence-electron chi connectivity index (χ0n) is 5.89. The zero-order valence-corrected chi connectivity index (χ0v) is 7.40. The van der Waals surface area contributed by atoms with E-state index in [9.17, 15) is 9.59 Å². The monoisotopic (exact) mass is 200 g/mol. The van der Waals surface area contributed by atoms with E-state index >= 15 is 0 Å². The molecule has 0 saturated carbocycles. The van der Waals surface area contributed by atoms with Crippen LogP contribution in [-0.2, 0) is 19.1 Å². The first-order valence-electron chi connectivity index (χ1n) is 2.51. The van der Waals surface area contributed by atoms with Gasteiger partial charge in [0.05, 0.1) is 0 Å². The van der Waals surface area contributed by atoms with Gasteiger partial charge in [-0.3, -0.25) is 9.59 Å². The van der Waals surface area contributed by atoms with Gasteiger partial charge in [0.15, 0.2) is 0 Å². The van der Waals surface area contributed by atoms with Crippen molar-refractivity contribution >= 4 is 33.7 Å². The van der Waals surface area contributed by atoms with Crippen LogP contribution in [0.3, 0.4) is 0 Å². The zero-order chi connectivity index (χ0) is 9.07. The first-order chi connectivity index (χ1) is 5.01. The molecule has 0 aromatic heterocycles. The van der Waals surface area contributed by atoms with Gasteiger partial charge in [-0.25, -0.2) is 0 Å². The molecular formula is C5H6Cl2O4. The molecule has 0 N–H and O–H groups in total. The molecule has 4 nitrogen and oxygen atoms in total. The molecule has 0 bridgehead atoms. The summed E-state index contributed by atoms with van der Waals surface area (Å²) in [6.45, 7) is 0. The van der Waals surface area contributed by atoms with Crippen molar-refractivity contribution < 1.29 is 19.1 Å². The Morgan fingerprint density at radius 3 is 1.36 bits per heavy atom. The summed E-state index contributed by atoms with van der Waals surface area (Å²) in [5.74, 6) is -2.16. The average molecular weight is 201 g/mol. The highest BCUT2D eigenvalue weighted by atomic mass is 35.5. The minimum absolute atomic E-state index is 1.09. The Balaban J connectivity index is 4.76. The molecule has 6 heteroatoms. The van der Waals surface area contributed by atoms with E-state index in [2.05, 4.69) is 9.47 Å². The predicted octanol–water partition coefficient (Wildman–Crippen LogP) is 0.506. The van der Waals surface area contributed by atoms with Crippen molar-refractivity contribution in [3.8, 4) is 0 Å². The minimum atomic E-state index is -2.16. The maximum absolute atomic E-state index is 10.6. The van der Waals surface area contributed by atoms with Crippen LogP contribution in [0.15, 0.2) is 0 Å². The summed E-state index contributed by atoms with van der Waals surface area (Å²) >= 11 is 10.0. The molecule has 0 spiro atoms. The lowest BCUT2D eigenvalue weighted by Gasteiger charge is -2.21. The summed E-state index contributed by atoms with van der Waals surface area (Å²) in [6, 6.07) is 0. The SMILES string of the molecule is COC(OC)(C(=O)Cl)C(=O)Cl. The smallest absolute Gasteiger partial charge is 0.321 e. The van der Waals surface area contributed by atoms with Gasteiger partial charge >= 0.3 is 5.79 Å². The molecule has 0 aromatic rings. The van der Waals surface area contributed by atoms with Crippen LogP contribution in [-0.4, -0.2) is 30.5 Å². The number of methoxy groups -OCH3 is 2. The van der Waals surface area contributed by atoms with E-state index in [-0.39, 0.29) is 0 Å². The number of halogens is 2. The lowest BCUT2D eigenvalue weighted by molar-refractivity contribution is -0.195. The van der Waals surface area contributed by atoms with Gasteiger partial charge in [0.1, 0.15) is 0 Å². The molecule has 0 saturated heterocycles. The molecule has 0 amide bonds. The van der Waals surface area contributed by atoms with E-state index in [1.165, 1.54) is 0 Å². The van der Waals surface area contributed by atoms with E-state index in [0.29, 0.717) is 0 Å². The molecule has 11 heavy (non-hydrogen) atoms. The summed E-state index contributed by atoms with van der Waals surface area (Å²) in [5.41, 5.74) is 0. The van der Waals surface area contributed by atoms with Crippen molar-refractivity contribution in [2.24, 2.45) is 0 Å². The van der Waals surface area contributed by atoms with Crippen molar-refractivity contribution in [1.29, 1.82) is 0 Å². The molecule has 0 fully saturated rings. The lowest BCUT2D eigenvalue weighted by Crippen LogP contribution is -2.45. The van der Waals surface area contributed by atoms with Crippen LogP contribution in [0, 0.1) is 0 Å². The summed E-state index contributed by atoms with van der Waals surface area (Å²) in [7, 11) is 2.17. The fourth-order valence-corrected chi connectivity index (χ4v) is 1.01. The van der Waals surface area contributed by atoms with E-state index in [1.807, 2.05) is 0 Å². The van der Waals surface area contributed by atoms with Crippen LogP contribution < -0.4 is 0 Å². The van der Waals surface area contributed by atoms with Crippen molar-refractivity contribution in [3.63, 3.8) is 0 Å². The van der Waals surface area contributed by atoms with Gasteiger partial charge in [0.2, 0.25) is 0 Å². The fourth-order valence-electron chi connectivity index (χ4n) is 0.482. The van der Waals surface area contributed by atoms with Gasteiger partial charge in [0.25, 0.3) is 10.5 Å². The maximum Gasteiger partial charge on any atom is 0.321 e. The lowest BCUT2D eigenvalue weighted by atomic mass is 10.3. The Morgan fingerprint density at radius 2 is 1.36 bits per heavy atom. The molecule has 0 radical (unpaired) electrons. The first kappa shape index (κ1) is 10.8. The van der Waals surface area contributed by atoms with Gasteiger partial charge in [-0.2, -0.15) is 0 Å². The first-order valence-corrected chi connectivity index (χ1v) is 3.27. The Morgan fingerprint density at radius 1 is 1.09 bits per heavy atom. The molecule has 0 aromatic carbocycles. The molecule has 0 aliphatic heterocycles. The van der Waals surface area contributed by atoms with Gasteiger partial charge in [-0.15, -0.1) is 0 Å². The maximum atomic E-state index is 10.6. The number of hydrogen-bond acceptors (Lipinski definition) is 4. The van der Waals surface area contributed by atoms with Crippen molar-refractivity contribution in [3.05, 3.63) is 0 Å². The second kappa shape index (κ2) is 4.01. The second-order valence-corrected chi connectivity index (χ2v) is 2.26. The second-order valence-electron chi connectivity index (χ2n) is 1.57. The minimum Gasteiger partial charge on any atom is -0.339 e. The topological polar surface area (TPSA) is 52.6 Å². The van der Waals surface area contributed by atoms with Crippen LogP contribution in [0.2, 0.25) is 0 Å². The van der Waals surface area contributed by atoms with E-state index < -0.39 is 16.3 Å². The molecule has 0 aliphatic carbocycles. The Kier molecular flexibility index (Phi) is 3.96. The molecular weight excluding hydrogens is 195 g/mol. The van der Waals surface area contributed by atoms with Crippen LogP contribution in [0.4, 0.5) is 0 Å². The van der Waals surface area contributed by atoms with Crippen molar-refractivity contribution in [1.82, 2.24) is 0 Å². The van der Waals surface area contributed by atoms with Gasteiger partial charge in [-0.05, 0) is 23.2 Å². The summed E-state index contributed by atoms with van der Waals surface area (Å²) in [4.78, 5) is 21.2. The normalized spacial score (nSPS) is 11.3. The average Bonchev–Trinajstić information content (AvgIpc) is 1.90.